The Bertz CT molecular complexity index is 770. The van der Waals surface area contributed by atoms with Gasteiger partial charge in [0.15, 0.2) is 0 Å². The number of rotatable bonds is 6. The number of hydrogen-bond acceptors (Lipinski definition) is 4. The van der Waals surface area contributed by atoms with E-state index >= 15 is 0 Å². The second-order valence-corrected chi connectivity index (χ2v) is 7.62. The molecule has 0 saturated heterocycles. The first kappa shape index (κ1) is 18.0. The fourth-order valence-electron chi connectivity index (χ4n) is 1.92. The van der Waals surface area contributed by atoms with Crippen molar-refractivity contribution < 1.29 is 8.42 Å². The van der Waals surface area contributed by atoms with Crippen LogP contribution in [0.5, 0.6) is 0 Å². The molecule has 0 aliphatic rings. The highest BCUT2D eigenvalue weighted by molar-refractivity contribution is 7.89. The lowest BCUT2D eigenvalue weighted by Gasteiger charge is -2.27. The Labute approximate surface area is 146 Å². The number of halogens is 2. The Balaban J connectivity index is 2.05. The standard InChI is InChI=1S/C15H17Cl2N3O2S/c1-11(20(2)12-6-4-3-5-7-12)9-19-23(21,22)13-8-14(16)15(17)18-10-13/h3-8,10-11,19H,9H2,1-2H3/t11-/m1/s1. The average molecular weight is 374 g/mol. The number of hydrogen-bond donors (Lipinski definition) is 1. The lowest BCUT2D eigenvalue weighted by atomic mass is 10.2. The van der Waals surface area contributed by atoms with Gasteiger partial charge in [0.05, 0.1) is 5.02 Å². The van der Waals surface area contributed by atoms with Crippen LogP contribution in [0, 0.1) is 0 Å². The third kappa shape index (κ3) is 4.57. The topological polar surface area (TPSA) is 62.3 Å². The predicted octanol–water partition coefficient (Wildman–Crippen LogP) is 3.19. The molecule has 1 aromatic carbocycles. The van der Waals surface area contributed by atoms with Crippen LogP contribution in [0.3, 0.4) is 0 Å². The first-order valence-electron chi connectivity index (χ1n) is 6.90. The number of pyridine rings is 1. The molecule has 0 fully saturated rings. The number of likely N-dealkylation sites (N-methyl/N-ethyl adjacent to an activating group) is 1. The quantitative estimate of drug-likeness (QED) is 0.789. The van der Waals surface area contributed by atoms with Crippen LogP contribution in [-0.2, 0) is 10.0 Å². The second kappa shape index (κ2) is 7.49. The molecule has 5 nitrogen and oxygen atoms in total. The third-order valence-electron chi connectivity index (χ3n) is 3.47. The summed E-state index contributed by atoms with van der Waals surface area (Å²) >= 11 is 11.5. The molecule has 124 valence electrons. The number of aromatic nitrogens is 1. The summed E-state index contributed by atoms with van der Waals surface area (Å²) in [4.78, 5) is 5.74. The van der Waals surface area contributed by atoms with Crippen molar-refractivity contribution in [1.29, 1.82) is 0 Å². The van der Waals surface area contributed by atoms with Crippen LogP contribution >= 0.6 is 23.2 Å². The van der Waals surface area contributed by atoms with Crippen LogP contribution in [0.15, 0.2) is 47.5 Å². The first-order valence-corrected chi connectivity index (χ1v) is 9.14. The van der Waals surface area contributed by atoms with Crippen molar-refractivity contribution in [3.05, 3.63) is 52.8 Å². The van der Waals surface area contributed by atoms with Gasteiger partial charge in [0.25, 0.3) is 0 Å². The van der Waals surface area contributed by atoms with Crippen molar-refractivity contribution in [2.75, 3.05) is 18.5 Å². The Morgan fingerprint density at radius 1 is 1.26 bits per heavy atom. The molecule has 1 aromatic heterocycles. The maximum absolute atomic E-state index is 12.3. The van der Waals surface area contributed by atoms with Crippen LogP contribution < -0.4 is 9.62 Å². The lowest BCUT2D eigenvalue weighted by Crippen LogP contribution is -2.40. The highest BCUT2D eigenvalue weighted by atomic mass is 35.5. The van der Waals surface area contributed by atoms with Gasteiger partial charge < -0.3 is 4.90 Å². The van der Waals surface area contributed by atoms with Gasteiger partial charge >= 0.3 is 0 Å². The Morgan fingerprint density at radius 3 is 2.52 bits per heavy atom. The van der Waals surface area contributed by atoms with E-state index in [0.717, 1.165) is 5.69 Å². The fraction of sp³-hybridized carbons (Fsp3) is 0.267. The maximum atomic E-state index is 12.3. The SMILES string of the molecule is C[C@H](CNS(=O)(=O)c1cnc(Cl)c(Cl)c1)N(C)c1ccccc1. The molecule has 0 radical (unpaired) electrons. The van der Waals surface area contributed by atoms with Gasteiger partial charge in [-0.2, -0.15) is 0 Å². The van der Waals surface area contributed by atoms with Crippen LogP contribution in [0.4, 0.5) is 5.69 Å². The Morgan fingerprint density at radius 2 is 1.91 bits per heavy atom. The number of nitrogens with one attached hydrogen (secondary N) is 1. The summed E-state index contributed by atoms with van der Waals surface area (Å²) in [5.41, 5.74) is 1.01. The minimum atomic E-state index is -3.69. The molecular formula is C15H17Cl2N3O2S. The lowest BCUT2D eigenvalue weighted by molar-refractivity contribution is 0.569. The first-order chi connectivity index (χ1) is 10.8. The van der Waals surface area contributed by atoms with E-state index in [9.17, 15) is 8.42 Å². The van der Waals surface area contributed by atoms with Gasteiger partial charge in [0, 0.05) is 31.5 Å². The van der Waals surface area contributed by atoms with Gasteiger partial charge in [-0.3, -0.25) is 0 Å². The van der Waals surface area contributed by atoms with Crippen molar-refractivity contribution in [3.8, 4) is 0 Å². The van der Waals surface area contributed by atoms with Crippen molar-refractivity contribution in [1.82, 2.24) is 9.71 Å². The summed E-state index contributed by atoms with van der Waals surface area (Å²) in [5, 5.41) is 0.173. The van der Waals surface area contributed by atoms with Crippen LogP contribution in [-0.4, -0.2) is 33.0 Å². The van der Waals surface area contributed by atoms with Gasteiger partial charge in [0.2, 0.25) is 10.0 Å². The number of nitrogens with zero attached hydrogens (tertiary/aromatic N) is 2. The molecular weight excluding hydrogens is 357 g/mol. The van der Waals surface area contributed by atoms with E-state index in [0.29, 0.717) is 0 Å². The molecule has 1 N–H and O–H groups in total. The van der Waals surface area contributed by atoms with E-state index in [-0.39, 0.29) is 27.7 Å². The zero-order valence-corrected chi connectivity index (χ0v) is 15.0. The van der Waals surface area contributed by atoms with Crippen molar-refractivity contribution >= 4 is 38.9 Å². The van der Waals surface area contributed by atoms with Crippen molar-refractivity contribution in [2.45, 2.75) is 17.9 Å². The highest BCUT2D eigenvalue weighted by Gasteiger charge is 2.18. The molecule has 0 aliphatic carbocycles. The summed E-state index contributed by atoms with van der Waals surface area (Å²) in [6.45, 7) is 2.18. The maximum Gasteiger partial charge on any atom is 0.242 e. The van der Waals surface area contributed by atoms with E-state index < -0.39 is 10.0 Å². The van der Waals surface area contributed by atoms with E-state index in [1.807, 2.05) is 49.2 Å². The molecule has 0 unspecified atom stereocenters. The molecule has 23 heavy (non-hydrogen) atoms. The van der Waals surface area contributed by atoms with E-state index in [1.165, 1.54) is 12.3 Å². The van der Waals surface area contributed by atoms with Gasteiger partial charge in [-0.1, -0.05) is 41.4 Å². The largest absolute Gasteiger partial charge is 0.371 e. The number of benzene rings is 1. The predicted molar refractivity (Wildman–Crippen MR) is 93.8 cm³/mol. The third-order valence-corrected chi connectivity index (χ3v) is 5.55. The molecule has 0 amide bonds. The summed E-state index contributed by atoms with van der Waals surface area (Å²) in [5.74, 6) is 0. The zero-order chi connectivity index (χ0) is 17.0. The van der Waals surface area contributed by atoms with Gasteiger partial charge in [-0.15, -0.1) is 0 Å². The molecule has 1 heterocycles. The van der Waals surface area contributed by atoms with E-state index in [2.05, 4.69) is 9.71 Å². The number of sulfonamides is 1. The molecule has 0 spiro atoms. The fourth-order valence-corrected chi connectivity index (χ4v) is 3.34. The molecule has 2 aromatic rings. The monoisotopic (exact) mass is 373 g/mol. The average Bonchev–Trinajstić information content (AvgIpc) is 2.55. The van der Waals surface area contributed by atoms with Gasteiger partial charge in [0.1, 0.15) is 10.0 Å². The molecule has 8 heteroatoms. The second-order valence-electron chi connectivity index (χ2n) is 5.09. The minimum absolute atomic E-state index is 0.0125. The normalized spacial score (nSPS) is 12.9. The van der Waals surface area contributed by atoms with Crippen LogP contribution in [0.1, 0.15) is 6.92 Å². The molecule has 2 rings (SSSR count). The summed E-state index contributed by atoms with van der Waals surface area (Å²) in [6, 6.07) is 11.0. The number of anilines is 1. The molecule has 0 aliphatic heterocycles. The van der Waals surface area contributed by atoms with Crippen LogP contribution in [0.25, 0.3) is 0 Å². The van der Waals surface area contributed by atoms with E-state index in [1.54, 1.807) is 0 Å². The molecule has 1 atom stereocenters. The Kier molecular flexibility index (Phi) is 5.86. The van der Waals surface area contributed by atoms with Crippen molar-refractivity contribution in [2.24, 2.45) is 0 Å². The summed E-state index contributed by atoms with van der Waals surface area (Å²) < 4.78 is 27.1. The minimum Gasteiger partial charge on any atom is -0.371 e. The molecule has 0 bridgehead atoms. The summed E-state index contributed by atoms with van der Waals surface area (Å²) in [6.07, 6.45) is 1.18. The van der Waals surface area contributed by atoms with Crippen molar-refractivity contribution in [3.63, 3.8) is 0 Å². The highest BCUT2D eigenvalue weighted by Crippen LogP contribution is 2.22. The van der Waals surface area contributed by atoms with Gasteiger partial charge in [-0.25, -0.2) is 18.1 Å². The molecule has 0 saturated carbocycles. The smallest absolute Gasteiger partial charge is 0.242 e. The number of para-hydroxylation sites is 1. The van der Waals surface area contributed by atoms with E-state index in [4.69, 9.17) is 23.2 Å². The Hall–Kier alpha value is -1.34. The zero-order valence-electron chi connectivity index (χ0n) is 12.7. The van der Waals surface area contributed by atoms with Crippen LogP contribution in [0.2, 0.25) is 10.2 Å². The van der Waals surface area contributed by atoms with Gasteiger partial charge in [-0.05, 0) is 25.1 Å². The summed E-state index contributed by atoms with van der Waals surface area (Å²) in [7, 11) is -1.78.